The van der Waals surface area contributed by atoms with Gasteiger partial charge in [-0.3, -0.25) is 4.90 Å². The molecule has 0 atom stereocenters. The smallest absolute Gasteiger partial charge is 0.170 e. The van der Waals surface area contributed by atoms with Gasteiger partial charge in [-0.2, -0.15) is 5.26 Å². The molecule has 4 nitrogen and oxygen atoms in total. The van der Waals surface area contributed by atoms with Crippen LogP contribution in [0, 0.1) is 17.1 Å². The third kappa shape index (κ3) is 2.97. The van der Waals surface area contributed by atoms with Crippen molar-refractivity contribution in [1.82, 2.24) is 10.1 Å². The lowest BCUT2D eigenvalue weighted by atomic mass is 10.1. The van der Waals surface area contributed by atoms with E-state index in [0.29, 0.717) is 24.2 Å². The molecule has 22 heavy (non-hydrogen) atoms. The monoisotopic (exact) mass is 295 g/mol. The van der Waals surface area contributed by atoms with Crippen molar-refractivity contribution in [1.29, 1.82) is 5.26 Å². The zero-order valence-electron chi connectivity index (χ0n) is 12.1. The van der Waals surface area contributed by atoms with Crippen LogP contribution in [0.25, 0.3) is 11.0 Å². The summed E-state index contributed by atoms with van der Waals surface area (Å²) in [6.07, 6.45) is 0. The molecule has 3 rings (SSSR count). The van der Waals surface area contributed by atoms with E-state index >= 15 is 0 Å². The molecule has 2 aromatic carbocycles. The van der Waals surface area contributed by atoms with Crippen LogP contribution < -0.4 is 0 Å². The molecule has 1 heterocycles. The minimum absolute atomic E-state index is 0.336. The first-order chi connectivity index (χ1) is 10.7. The zero-order valence-corrected chi connectivity index (χ0v) is 12.1. The average Bonchev–Trinajstić information content (AvgIpc) is 2.89. The molecule has 0 amide bonds. The lowest BCUT2D eigenvalue weighted by molar-refractivity contribution is 0.306. The van der Waals surface area contributed by atoms with Crippen LogP contribution in [-0.4, -0.2) is 17.1 Å². The molecule has 1 aromatic heterocycles. The van der Waals surface area contributed by atoms with Crippen LogP contribution >= 0.6 is 0 Å². The van der Waals surface area contributed by atoms with Crippen LogP contribution in [0.2, 0.25) is 0 Å². The van der Waals surface area contributed by atoms with Gasteiger partial charge < -0.3 is 4.52 Å². The Labute approximate surface area is 127 Å². The number of benzene rings is 2. The molecule has 0 saturated heterocycles. The van der Waals surface area contributed by atoms with Gasteiger partial charge in [-0.25, -0.2) is 4.39 Å². The van der Waals surface area contributed by atoms with E-state index in [0.717, 1.165) is 16.6 Å². The second-order valence-electron chi connectivity index (χ2n) is 5.25. The van der Waals surface area contributed by atoms with Crippen molar-refractivity contribution >= 4 is 11.0 Å². The van der Waals surface area contributed by atoms with E-state index in [1.807, 2.05) is 25.2 Å². The van der Waals surface area contributed by atoms with E-state index in [-0.39, 0.29) is 5.82 Å². The summed E-state index contributed by atoms with van der Waals surface area (Å²) in [6, 6.07) is 14.1. The number of hydrogen-bond acceptors (Lipinski definition) is 4. The van der Waals surface area contributed by atoms with Gasteiger partial charge in [-0.15, -0.1) is 0 Å². The van der Waals surface area contributed by atoms with Gasteiger partial charge in [0, 0.05) is 24.5 Å². The standard InChI is InChI=1S/C17H14FN3O/c1-21(10-13-4-2-3-12(7-13)9-19)11-16-15-6-5-14(18)8-17(15)22-20-16/h2-8H,10-11H2,1H3. The molecule has 0 radical (unpaired) electrons. The topological polar surface area (TPSA) is 53.1 Å². The maximum Gasteiger partial charge on any atom is 0.170 e. The summed E-state index contributed by atoms with van der Waals surface area (Å²) < 4.78 is 18.3. The highest BCUT2D eigenvalue weighted by Gasteiger charge is 2.11. The van der Waals surface area contributed by atoms with Gasteiger partial charge in [0.2, 0.25) is 0 Å². The summed E-state index contributed by atoms with van der Waals surface area (Å²) in [5, 5.41) is 13.8. The Morgan fingerprint density at radius 3 is 2.91 bits per heavy atom. The summed E-state index contributed by atoms with van der Waals surface area (Å²) >= 11 is 0. The van der Waals surface area contributed by atoms with E-state index in [4.69, 9.17) is 9.78 Å². The number of nitrogens with zero attached hydrogens (tertiary/aromatic N) is 3. The number of fused-ring (bicyclic) bond motifs is 1. The molecule has 0 unspecified atom stereocenters. The first-order valence-electron chi connectivity index (χ1n) is 6.87. The molecule has 0 fully saturated rings. The molecule has 0 N–H and O–H groups in total. The van der Waals surface area contributed by atoms with Crippen molar-refractivity contribution in [3.63, 3.8) is 0 Å². The Kier molecular flexibility index (Phi) is 3.86. The van der Waals surface area contributed by atoms with Crippen molar-refractivity contribution in [3.05, 3.63) is 65.1 Å². The highest BCUT2D eigenvalue weighted by atomic mass is 19.1. The quantitative estimate of drug-likeness (QED) is 0.739. The van der Waals surface area contributed by atoms with Gasteiger partial charge in [-0.05, 0) is 36.9 Å². The Balaban J connectivity index is 1.75. The fourth-order valence-corrected chi connectivity index (χ4v) is 2.44. The predicted molar refractivity (Wildman–Crippen MR) is 80.3 cm³/mol. The third-order valence-corrected chi connectivity index (χ3v) is 3.44. The van der Waals surface area contributed by atoms with Crippen molar-refractivity contribution in [2.75, 3.05) is 7.05 Å². The largest absolute Gasteiger partial charge is 0.356 e. The normalized spacial score (nSPS) is 11.0. The van der Waals surface area contributed by atoms with Crippen LogP contribution in [-0.2, 0) is 13.1 Å². The number of aromatic nitrogens is 1. The molecule has 0 aliphatic heterocycles. The number of hydrogen-bond donors (Lipinski definition) is 0. The molecule has 0 spiro atoms. The van der Waals surface area contributed by atoms with Gasteiger partial charge in [0.15, 0.2) is 5.58 Å². The summed E-state index contributed by atoms with van der Waals surface area (Å²) in [4.78, 5) is 2.07. The Morgan fingerprint density at radius 1 is 1.23 bits per heavy atom. The van der Waals surface area contributed by atoms with E-state index < -0.39 is 0 Å². The number of nitriles is 1. The van der Waals surface area contributed by atoms with Gasteiger partial charge in [0.1, 0.15) is 11.5 Å². The van der Waals surface area contributed by atoms with E-state index in [1.165, 1.54) is 12.1 Å². The van der Waals surface area contributed by atoms with Crippen molar-refractivity contribution in [2.45, 2.75) is 13.1 Å². The molecule has 0 aliphatic carbocycles. The summed E-state index contributed by atoms with van der Waals surface area (Å²) in [6.45, 7) is 1.26. The fraction of sp³-hybridized carbons (Fsp3) is 0.176. The van der Waals surface area contributed by atoms with Crippen molar-refractivity contribution in [2.24, 2.45) is 0 Å². The lowest BCUT2D eigenvalue weighted by Crippen LogP contribution is -2.17. The molecule has 5 heteroatoms. The summed E-state index contributed by atoms with van der Waals surface area (Å²) in [7, 11) is 1.96. The molecule has 0 saturated carbocycles. The van der Waals surface area contributed by atoms with Crippen molar-refractivity contribution < 1.29 is 8.91 Å². The lowest BCUT2D eigenvalue weighted by Gasteiger charge is -2.15. The second-order valence-corrected chi connectivity index (χ2v) is 5.25. The highest BCUT2D eigenvalue weighted by molar-refractivity contribution is 5.79. The number of halogens is 1. The van der Waals surface area contributed by atoms with Crippen LogP contribution in [0.3, 0.4) is 0 Å². The first-order valence-corrected chi connectivity index (χ1v) is 6.87. The van der Waals surface area contributed by atoms with Gasteiger partial charge >= 0.3 is 0 Å². The molecule has 0 aliphatic rings. The molecular formula is C17H14FN3O. The van der Waals surface area contributed by atoms with Gasteiger partial charge in [0.05, 0.1) is 11.6 Å². The van der Waals surface area contributed by atoms with Crippen LogP contribution in [0.4, 0.5) is 4.39 Å². The van der Waals surface area contributed by atoms with Crippen molar-refractivity contribution in [3.8, 4) is 6.07 Å². The minimum Gasteiger partial charge on any atom is -0.356 e. The van der Waals surface area contributed by atoms with Crippen LogP contribution in [0.1, 0.15) is 16.8 Å². The SMILES string of the molecule is CN(Cc1cccc(C#N)c1)Cc1noc2cc(F)ccc12. The summed E-state index contributed by atoms with van der Waals surface area (Å²) in [5.41, 5.74) is 2.93. The number of rotatable bonds is 4. The Bertz CT molecular complexity index is 850. The van der Waals surface area contributed by atoms with E-state index in [2.05, 4.69) is 16.1 Å². The van der Waals surface area contributed by atoms with E-state index in [1.54, 1.807) is 12.1 Å². The van der Waals surface area contributed by atoms with Crippen LogP contribution in [0.5, 0.6) is 0 Å². The van der Waals surface area contributed by atoms with E-state index in [9.17, 15) is 4.39 Å². The molecular weight excluding hydrogens is 281 g/mol. The summed E-state index contributed by atoms with van der Waals surface area (Å²) in [5.74, 6) is -0.336. The molecule has 0 bridgehead atoms. The maximum absolute atomic E-state index is 13.1. The third-order valence-electron chi connectivity index (χ3n) is 3.44. The first kappa shape index (κ1) is 14.2. The highest BCUT2D eigenvalue weighted by Crippen LogP contribution is 2.21. The zero-order chi connectivity index (χ0) is 15.5. The van der Waals surface area contributed by atoms with Gasteiger partial charge in [0.25, 0.3) is 0 Å². The predicted octanol–water partition coefficient (Wildman–Crippen LogP) is 3.47. The maximum atomic E-state index is 13.1. The molecule has 3 aromatic rings. The van der Waals surface area contributed by atoms with Crippen LogP contribution in [0.15, 0.2) is 47.0 Å². The van der Waals surface area contributed by atoms with Gasteiger partial charge in [-0.1, -0.05) is 17.3 Å². The second kappa shape index (κ2) is 5.96. The Hall–Kier alpha value is -2.71. The Morgan fingerprint density at radius 2 is 2.09 bits per heavy atom. The minimum atomic E-state index is -0.336. The molecule has 110 valence electrons. The fourth-order valence-electron chi connectivity index (χ4n) is 2.44. The average molecular weight is 295 g/mol.